The van der Waals surface area contributed by atoms with Crippen LogP contribution in [-0.4, -0.2) is 39.2 Å². The molecule has 4 aromatic carbocycles. The molecule has 2 amide bonds. The van der Waals surface area contributed by atoms with Crippen molar-refractivity contribution in [2.75, 3.05) is 32.7 Å². The lowest BCUT2D eigenvalue weighted by atomic mass is 10.0. The van der Waals surface area contributed by atoms with Crippen molar-refractivity contribution in [2.45, 2.75) is 13.3 Å². The number of carbonyl (C=O) groups is 2. The van der Waals surface area contributed by atoms with Crippen LogP contribution < -0.4 is 24.8 Å². The van der Waals surface area contributed by atoms with Gasteiger partial charge in [-0.1, -0.05) is 48.5 Å². The predicted octanol–water partition coefficient (Wildman–Crippen LogP) is 5.16. The maximum absolute atomic E-state index is 13.2. The molecule has 4 rings (SSSR count). The molecule has 190 valence electrons. The normalized spacial score (nSPS) is 10.6. The van der Waals surface area contributed by atoms with Gasteiger partial charge in [-0.3, -0.25) is 9.59 Å². The van der Waals surface area contributed by atoms with E-state index in [1.165, 1.54) is 0 Å². The number of amides is 2. The van der Waals surface area contributed by atoms with Crippen molar-refractivity contribution < 1.29 is 23.8 Å². The first-order valence-electron chi connectivity index (χ1n) is 12.0. The Balaban J connectivity index is 1.42. The maximum Gasteiger partial charge on any atom is 0.259 e. The fourth-order valence-electron chi connectivity index (χ4n) is 4.00. The lowest BCUT2D eigenvalue weighted by Crippen LogP contribution is -2.31. The zero-order valence-corrected chi connectivity index (χ0v) is 21.2. The van der Waals surface area contributed by atoms with Gasteiger partial charge in [0.2, 0.25) is 0 Å². The molecule has 0 spiro atoms. The summed E-state index contributed by atoms with van der Waals surface area (Å²) in [7, 11) is 3.17. The number of benzene rings is 4. The Hall–Kier alpha value is -4.52. The van der Waals surface area contributed by atoms with Crippen LogP contribution in [-0.2, 0) is 11.2 Å². The molecular weight excluding hydrogens is 468 g/mol. The number of ether oxygens (including phenoxy) is 3. The van der Waals surface area contributed by atoms with Gasteiger partial charge in [0.05, 0.1) is 19.8 Å². The van der Waals surface area contributed by atoms with E-state index in [-0.39, 0.29) is 18.4 Å². The van der Waals surface area contributed by atoms with Crippen LogP contribution in [0.4, 0.5) is 5.69 Å². The summed E-state index contributed by atoms with van der Waals surface area (Å²) in [5, 5.41) is 7.64. The fraction of sp³-hybridized carbons (Fsp3) is 0.200. The second kappa shape index (κ2) is 11.9. The summed E-state index contributed by atoms with van der Waals surface area (Å²) in [6.07, 6.45) is 0.617. The highest BCUT2D eigenvalue weighted by atomic mass is 16.5. The van der Waals surface area contributed by atoms with Crippen molar-refractivity contribution in [3.8, 4) is 17.2 Å². The molecule has 0 aliphatic rings. The Morgan fingerprint density at radius 1 is 0.784 bits per heavy atom. The molecule has 0 unspecified atom stereocenters. The van der Waals surface area contributed by atoms with E-state index in [4.69, 9.17) is 14.2 Å². The largest absolute Gasteiger partial charge is 0.493 e. The summed E-state index contributed by atoms with van der Waals surface area (Å²) < 4.78 is 16.4. The van der Waals surface area contributed by atoms with E-state index < -0.39 is 0 Å². The highest BCUT2D eigenvalue weighted by Gasteiger charge is 2.16. The van der Waals surface area contributed by atoms with E-state index in [1.54, 1.807) is 26.4 Å². The molecule has 37 heavy (non-hydrogen) atoms. The van der Waals surface area contributed by atoms with Gasteiger partial charge in [0.25, 0.3) is 11.8 Å². The van der Waals surface area contributed by atoms with Crippen LogP contribution in [0.25, 0.3) is 10.8 Å². The second-order valence-electron chi connectivity index (χ2n) is 8.54. The Bertz CT molecular complexity index is 1420. The first-order valence-corrected chi connectivity index (χ1v) is 12.0. The number of para-hydroxylation sites is 1. The van der Waals surface area contributed by atoms with Crippen LogP contribution in [0.1, 0.15) is 21.5 Å². The van der Waals surface area contributed by atoms with Crippen LogP contribution >= 0.6 is 0 Å². The number of carbonyl (C=O) groups excluding carboxylic acids is 2. The second-order valence-corrected chi connectivity index (χ2v) is 8.54. The van der Waals surface area contributed by atoms with Crippen molar-refractivity contribution in [1.82, 2.24) is 5.32 Å². The molecule has 0 atom stereocenters. The molecule has 0 aliphatic heterocycles. The Morgan fingerprint density at radius 2 is 1.49 bits per heavy atom. The predicted molar refractivity (Wildman–Crippen MR) is 145 cm³/mol. The summed E-state index contributed by atoms with van der Waals surface area (Å²) in [5.41, 5.74) is 3.04. The number of hydrogen-bond acceptors (Lipinski definition) is 5. The third-order valence-corrected chi connectivity index (χ3v) is 6.03. The molecule has 0 aliphatic carbocycles. The summed E-state index contributed by atoms with van der Waals surface area (Å²) in [6.45, 7) is 2.14. The van der Waals surface area contributed by atoms with Crippen molar-refractivity contribution in [2.24, 2.45) is 0 Å². The summed E-state index contributed by atoms with van der Waals surface area (Å²) >= 11 is 0. The molecule has 0 aromatic heterocycles. The van der Waals surface area contributed by atoms with E-state index in [0.717, 1.165) is 27.6 Å². The number of aryl methyl sites for hydroxylation is 1. The maximum atomic E-state index is 13.2. The first-order chi connectivity index (χ1) is 18.0. The van der Waals surface area contributed by atoms with Gasteiger partial charge in [0.15, 0.2) is 18.1 Å². The number of rotatable bonds is 10. The highest BCUT2D eigenvalue weighted by molar-refractivity contribution is 6.09. The monoisotopic (exact) mass is 498 g/mol. The quantitative estimate of drug-likeness (QED) is 0.316. The molecule has 0 fully saturated rings. The zero-order valence-electron chi connectivity index (χ0n) is 21.2. The smallest absolute Gasteiger partial charge is 0.259 e. The minimum Gasteiger partial charge on any atom is -0.493 e. The van der Waals surface area contributed by atoms with Gasteiger partial charge >= 0.3 is 0 Å². The standard InChI is InChI=1S/C30H30N2O5/c1-20-8-4-7-11-25(20)32-30(34)24-17-22-9-5-6-10-23(22)18-27(24)37-19-29(33)31-15-14-21-12-13-26(35-2)28(16-21)36-3/h4-13,16-18H,14-15,19H2,1-3H3,(H,31,33)(H,32,34). The summed E-state index contributed by atoms with van der Waals surface area (Å²) in [6, 6.07) is 24.5. The fourth-order valence-corrected chi connectivity index (χ4v) is 4.00. The van der Waals surface area contributed by atoms with Crippen molar-refractivity contribution in [3.63, 3.8) is 0 Å². The van der Waals surface area contributed by atoms with E-state index >= 15 is 0 Å². The van der Waals surface area contributed by atoms with Crippen molar-refractivity contribution in [3.05, 3.63) is 95.6 Å². The molecule has 0 saturated heterocycles. The first kappa shape index (κ1) is 25.6. The minimum atomic E-state index is -0.302. The molecule has 0 bridgehead atoms. The Kier molecular flexibility index (Phi) is 8.26. The van der Waals surface area contributed by atoms with E-state index in [0.29, 0.717) is 35.8 Å². The van der Waals surface area contributed by atoms with Gasteiger partial charge in [-0.2, -0.15) is 0 Å². The summed E-state index contributed by atoms with van der Waals surface area (Å²) in [5.74, 6) is 1.06. The molecule has 2 N–H and O–H groups in total. The number of nitrogens with one attached hydrogen (secondary N) is 2. The molecule has 7 heteroatoms. The van der Waals surface area contributed by atoms with Gasteiger partial charge in [0.1, 0.15) is 5.75 Å². The van der Waals surface area contributed by atoms with Crippen LogP contribution in [0.3, 0.4) is 0 Å². The number of hydrogen-bond donors (Lipinski definition) is 2. The number of methoxy groups -OCH3 is 2. The molecule has 0 saturated carbocycles. The molecule has 0 heterocycles. The van der Waals surface area contributed by atoms with E-state index in [2.05, 4.69) is 10.6 Å². The third-order valence-electron chi connectivity index (χ3n) is 6.03. The van der Waals surface area contributed by atoms with Gasteiger partial charge in [-0.25, -0.2) is 0 Å². The van der Waals surface area contributed by atoms with Gasteiger partial charge < -0.3 is 24.8 Å². The van der Waals surface area contributed by atoms with Crippen molar-refractivity contribution >= 4 is 28.3 Å². The SMILES string of the molecule is COc1ccc(CCNC(=O)COc2cc3ccccc3cc2C(=O)Nc2ccccc2C)cc1OC. The Morgan fingerprint density at radius 3 is 2.22 bits per heavy atom. The Labute approximate surface area is 216 Å². The van der Waals surface area contributed by atoms with Crippen LogP contribution in [0.15, 0.2) is 78.9 Å². The average Bonchev–Trinajstić information content (AvgIpc) is 2.92. The van der Waals surface area contributed by atoms with Gasteiger partial charge in [-0.05, 0) is 65.6 Å². The lowest BCUT2D eigenvalue weighted by molar-refractivity contribution is -0.123. The molecular formula is C30H30N2O5. The molecule has 4 aromatic rings. The van der Waals surface area contributed by atoms with Gasteiger partial charge in [-0.15, -0.1) is 0 Å². The summed E-state index contributed by atoms with van der Waals surface area (Å²) in [4.78, 5) is 25.7. The van der Waals surface area contributed by atoms with Gasteiger partial charge in [0, 0.05) is 12.2 Å². The highest BCUT2D eigenvalue weighted by Crippen LogP contribution is 2.29. The van der Waals surface area contributed by atoms with E-state index in [9.17, 15) is 9.59 Å². The van der Waals surface area contributed by atoms with Crippen LogP contribution in [0, 0.1) is 6.92 Å². The molecule has 7 nitrogen and oxygen atoms in total. The lowest BCUT2D eigenvalue weighted by Gasteiger charge is -2.14. The van der Waals surface area contributed by atoms with Crippen LogP contribution in [0.5, 0.6) is 17.2 Å². The number of anilines is 1. The van der Waals surface area contributed by atoms with E-state index in [1.807, 2.05) is 73.7 Å². The topological polar surface area (TPSA) is 85.9 Å². The molecule has 0 radical (unpaired) electrons. The number of fused-ring (bicyclic) bond motifs is 1. The minimum absolute atomic E-state index is 0.213. The van der Waals surface area contributed by atoms with Crippen molar-refractivity contribution in [1.29, 1.82) is 0 Å². The van der Waals surface area contributed by atoms with Crippen LogP contribution in [0.2, 0.25) is 0 Å². The average molecular weight is 499 g/mol. The third kappa shape index (κ3) is 6.38. The zero-order chi connectivity index (χ0) is 26.2.